The Labute approximate surface area is 157 Å². The zero-order valence-electron chi connectivity index (χ0n) is 14.8. The Kier molecular flexibility index (Phi) is 7.52. The van der Waals surface area contributed by atoms with Crippen LogP contribution in [0.4, 0.5) is 5.00 Å². The molecule has 0 aliphatic heterocycles. The first-order valence-electron chi connectivity index (χ1n) is 8.27. The number of aryl methyl sites for hydroxylation is 1. The summed E-state index contributed by atoms with van der Waals surface area (Å²) in [6, 6.07) is 10.0. The Morgan fingerprint density at radius 2 is 1.92 bits per heavy atom. The van der Waals surface area contributed by atoms with Gasteiger partial charge in [0.25, 0.3) is 0 Å². The molecule has 2 rings (SSSR count). The highest BCUT2D eigenvalue weighted by Gasteiger charge is 2.23. The fourth-order valence-electron chi connectivity index (χ4n) is 2.51. The van der Waals surface area contributed by atoms with Crippen LogP contribution in [0.25, 0.3) is 0 Å². The van der Waals surface area contributed by atoms with Gasteiger partial charge in [0.1, 0.15) is 5.00 Å². The first kappa shape index (κ1) is 19.5. The van der Waals surface area contributed by atoms with Gasteiger partial charge in [-0.15, -0.1) is 23.1 Å². The van der Waals surface area contributed by atoms with Crippen LogP contribution in [0.1, 0.15) is 40.2 Å². The molecule has 25 heavy (non-hydrogen) atoms. The molecule has 1 N–H and O–H groups in total. The summed E-state index contributed by atoms with van der Waals surface area (Å²) >= 11 is 2.99. The van der Waals surface area contributed by atoms with Gasteiger partial charge < -0.3 is 10.1 Å². The maximum absolute atomic E-state index is 12.3. The maximum atomic E-state index is 12.3. The number of benzene rings is 1. The van der Waals surface area contributed by atoms with Crippen molar-refractivity contribution in [1.82, 2.24) is 0 Å². The molecule has 1 heterocycles. The van der Waals surface area contributed by atoms with Crippen molar-refractivity contribution in [2.45, 2.75) is 32.9 Å². The number of carbonyl (C=O) groups is 2. The van der Waals surface area contributed by atoms with Gasteiger partial charge in [0.05, 0.1) is 17.9 Å². The van der Waals surface area contributed by atoms with Crippen molar-refractivity contribution < 1.29 is 14.3 Å². The summed E-state index contributed by atoms with van der Waals surface area (Å²) in [5.41, 5.74) is 2.65. The molecule has 1 amide bonds. The maximum Gasteiger partial charge on any atom is 0.341 e. The third kappa shape index (κ3) is 5.34. The van der Waals surface area contributed by atoms with Gasteiger partial charge in [0, 0.05) is 10.6 Å². The lowest BCUT2D eigenvalue weighted by Crippen LogP contribution is -2.16. The van der Waals surface area contributed by atoms with E-state index in [2.05, 4.69) is 5.32 Å². The fraction of sp³-hybridized carbons (Fsp3) is 0.368. The second-order valence-electron chi connectivity index (χ2n) is 5.44. The summed E-state index contributed by atoms with van der Waals surface area (Å²) in [5, 5.41) is 3.49. The van der Waals surface area contributed by atoms with Crippen LogP contribution in [0.5, 0.6) is 0 Å². The van der Waals surface area contributed by atoms with Gasteiger partial charge >= 0.3 is 5.97 Å². The van der Waals surface area contributed by atoms with Crippen LogP contribution >= 0.6 is 23.1 Å². The smallest absolute Gasteiger partial charge is 0.341 e. The van der Waals surface area contributed by atoms with Crippen LogP contribution in [0.2, 0.25) is 0 Å². The number of carbonyl (C=O) groups excluding carboxylic acids is 2. The highest BCUT2D eigenvalue weighted by Crippen LogP contribution is 2.34. The van der Waals surface area contributed by atoms with E-state index in [1.165, 1.54) is 16.9 Å². The van der Waals surface area contributed by atoms with Crippen LogP contribution in [-0.4, -0.2) is 24.2 Å². The third-order valence-electron chi connectivity index (χ3n) is 3.64. The van der Waals surface area contributed by atoms with E-state index in [1.54, 1.807) is 18.7 Å². The minimum atomic E-state index is -0.365. The molecule has 4 nitrogen and oxygen atoms in total. The highest BCUT2D eigenvalue weighted by molar-refractivity contribution is 7.99. The molecule has 134 valence electrons. The largest absolute Gasteiger partial charge is 0.462 e. The van der Waals surface area contributed by atoms with Crippen molar-refractivity contribution in [2.75, 3.05) is 17.7 Å². The lowest BCUT2D eigenvalue weighted by atomic mass is 10.1. The Morgan fingerprint density at radius 3 is 2.56 bits per heavy atom. The summed E-state index contributed by atoms with van der Waals surface area (Å²) in [4.78, 5) is 25.6. The number of rotatable bonds is 8. The predicted octanol–water partition coefficient (Wildman–Crippen LogP) is 4.67. The number of amides is 1. The number of thiophene rings is 1. The van der Waals surface area contributed by atoms with E-state index in [-0.39, 0.29) is 11.9 Å². The van der Waals surface area contributed by atoms with E-state index in [0.29, 0.717) is 22.9 Å². The van der Waals surface area contributed by atoms with Gasteiger partial charge in [0.15, 0.2) is 0 Å². The zero-order valence-corrected chi connectivity index (χ0v) is 16.4. The molecule has 0 atom stereocenters. The van der Waals surface area contributed by atoms with E-state index in [9.17, 15) is 9.59 Å². The SMILES string of the molecule is CCOC(=O)c1c(NC(=O)CSCc2ccccc2)sc(C)c1CC. The number of anilines is 1. The van der Waals surface area contributed by atoms with Crippen LogP contribution < -0.4 is 5.32 Å². The second-order valence-corrected chi connectivity index (χ2v) is 7.65. The Hall–Kier alpha value is -1.79. The van der Waals surface area contributed by atoms with Crippen LogP contribution in [-0.2, 0) is 21.7 Å². The minimum absolute atomic E-state index is 0.101. The lowest BCUT2D eigenvalue weighted by Gasteiger charge is -2.08. The molecule has 0 saturated carbocycles. The van der Waals surface area contributed by atoms with E-state index in [4.69, 9.17) is 4.74 Å². The number of hydrogen-bond donors (Lipinski definition) is 1. The molecule has 1 aromatic heterocycles. The average Bonchev–Trinajstić information content (AvgIpc) is 2.91. The highest BCUT2D eigenvalue weighted by atomic mass is 32.2. The van der Waals surface area contributed by atoms with Gasteiger partial charge in [-0.3, -0.25) is 4.79 Å². The molecule has 6 heteroatoms. The van der Waals surface area contributed by atoms with Crippen molar-refractivity contribution in [1.29, 1.82) is 0 Å². The number of esters is 1. The topological polar surface area (TPSA) is 55.4 Å². The van der Waals surface area contributed by atoms with E-state index < -0.39 is 0 Å². The summed E-state index contributed by atoms with van der Waals surface area (Å²) in [6.07, 6.45) is 0.731. The number of nitrogens with one attached hydrogen (secondary N) is 1. The van der Waals surface area contributed by atoms with E-state index in [1.807, 2.05) is 44.2 Å². The van der Waals surface area contributed by atoms with E-state index in [0.717, 1.165) is 22.6 Å². The number of hydrogen-bond acceptors (Lipinski definition) is 5. The zero-order chi connectivity index (χ0) is 18.2. The standard InChI is InChI=1S/C19H23NO3S2/c1-4-15-13(3)25-18(17(15)19(22)23-5-2)20-16(21)12-24-11-14-9-7-6-8-10-14/h6-10H,4-5,11-12H2,1-3H3,(H,20,21). The first-order valence-corrected chi connectivity index (χ1v) is 10.2. The molecule has 2 aromatic rings. The van der Waals surface area contributed by atoms with Crippen LogP contribution in [0.15, 0.2) is 30.3 Å². The number of thioether (sulfide) groups is 1. The van der Waals surface area contributed by atoms with Crippen LogP contribution in [0, 0.1) is 6.92 Å². The second kappa shape index (κ2) is 9.63. The molecule has 1 aromatic carbocycles. The quantitative estimate of drug-likeness (QED) is 0.679. The Balaban J connectivity index is 2.01. The summed E-state index contributed by atoms with van der Waals surface area (Å²) < 4.78 is 5.16. The van der Waals surface area contributed by atoms with Crippen molar-refractivity contribution in [2.24, 2.45) is 0 Å². The molecule has 0 unspecified atom stereocenters. The van der Waals surface area contributed by atoms with Crippen molar-refractivity contribution in [3.8, 4) is 0 Å². The van der Waals surface area contributed by atoms with Crippen molar-refractivity contribution in [3.05, 3.63) is 51.9 Å². The van der Waals surface area contributed by atoms with Crippen molar-refractivity contribution in [3.63, 3.8) is 0 Å². The summed E-state index contributed by atoms with van der Waals surface area (Å²) in [7, 11) is 0. The van der Waals surface area contributed by atoms with Gasteiger partial charge in [-0.2, -0.15) is 0 Å². The summed E-state index contributed by atoms with van der Waals surface area (Å²) in [6.45, 7) is 6.06. The molecule has 0 saturated heterocycles. The fourth-order valence-corrected chi connectivity index (χ4v) is 4.45. The molecule has 0 aliphatic carbocycles. The van der Waals surface area contributed by atoms with Crippen LogP contribution in [0.3, 0.4) is 0 Å². The first-order chi connectivity index (χ1) is 12.1. The molecule has 0 bridgehead atoms. The molecular weight excluding hydrogens is 354 g/mol. The normalized spacial score (nSPS) is 10.5. The minimum Gasteiger partial charge on any atom is -0.462 e. The molecule has 0 fully saturated rings. The molecule has 0 spiro atoms. The van der Waals surface area contributed by atoms with Gasteiger partial charge in [-0.05, 0) is 31.4 Å². The monoisotopic (exact) mass is 377 g/mol. The molecule has 0 aliphatic rings. The molecule has 0 radical (unpaired) electrons. The van der Waals surface area contributed by atoms with E-state index >= 15 is 0 Å². The lowest BCUT2D eigenvalue weighted by molar-refractivity contribution is -0.113. The number of ether oxygens (including phenoxy) is 1. The average molecular weight is 378 g/mol. The summed E-state index contributed by atoms with van der Waals surface area (Å²) in [5.74, 6) is 0.657. The Bertz CT molecular complexity index is 726. The third-order valence-corrected chi connectivity index (χ3v) is 5.71. The van der Waals surface area contributed by atoms with Gasteiger partial charge in [0.2, 0.25) is 5.91 Å². The molecular formula is C19H23NO3S2. The van der Waals surface area contributed by atoms with Crippen molar-refractivity contribution >= 4 is 40.0 Å². The predicted molar refractivity (Wildman–Crippen MR) is 106 cm³/mol. The Morgan fingerprint density at radius 1 is 1.20 bits per heavy atom. The van der Waals surface area contributed by atoms with Gasteiger partial charge in [-0.25, -0.2) is 4.79 Å². The van der Waals surface area contributed by atoms with Gasteiger partial charge in [-0.1, -0.05) is 37.3 Å².